The van der Waals surface area contributed by atoms with E-state index in [2.05, 4.69) is 15.5 Å². The molecule has 8 heteroatoms. The first kappa shape index (κ1) is 21.0. The van der Waals surface area contributed by atoms with Crippen LogP contribution in [0.4, 0.5) is 4.39 Å². The number of amides is 1. The molecule has 1 amide bonds. The third-order valence-electron chi connectivity index (χ3n) is 4.83. The summed E-state index contributed by atoms with van der Waals surface area (Å²) in [5.41, 5.74) is 1.68. The molecule has 4 rings (SSSR count). The van der Waals surface area contributed by atoms with Gasteiger partial charge in [0.1, 0.15) is 11.9 Å². The van der Waals surface area contributed by atoms with E-state index >= 15 is 0 Å². The molecule has 0 saturated heterocycles. The van der Waals surface area contributed by atoms with E-state index in [0.717, 1.165) is 5.56 Å². The Morgan fingerprint density at radius 3 is 2.34 bits per heavy atom. The van der Waals surface area contributed by atoms with Gasteiger partial charge in [0.25, 0.3) is 5.91 Å². The number of hydrogen-bond acceptors (Lipinski definition) is 6. The standard InChI is InChI=1S/C24H20FN3O4/c1-30-19-13-10-17(14-20(19)31-2)22(29)26-21(15-8-11-18(25)12-9-15)24-28-27-23(32-24)16-6-4-3-5-7-16/h3-14,21H,1-2H3,(H,26,29)/t21-/m1/s1. The summed E-state index contributed by atoms with van der Waals surface area (Å²) in [7, 11) is 3.01. The van der Waals surface area contributed by atoms with Crippen LogP contribution in [0.1, 0.15) is 27.9 Å². The Bertz CT molecular complexity index is 1210. The van der Waals surface area contributed by atoms with Gasteiger partial charge in [0.2, 0.25) is 11.8 Å². The summed E-state index contributed by atoms with van der Waals surface area (Å²) >= 11 is 0. The zero-order chi connectivity index (χ0) is 22.5. The molecule has 4 aromatic rings. The number of nitrogens with one attached hydrogen (secondary N) is 1. The lowest BCUT2D eigenvalue weighted by Crippen LogP contribution is -2.29. The highest BCUT2D eigenvalue weighted by Gasteiger charge is 2.24. The van der Waals surface area contributed by atoms with Crippen molar-refractivity contribution >= 4 is 5.91 Å². The second-order valence-electron chi connectivity index (χ2n) is 6.84. The number of aromatic nitrogens is 2. The number of benzene rings is 3. The van der Waals surface area contributed by atoms with Crippen molar-refractivity contribution in [3.05, 3.63) is 95.6 Å². The van der Waals surface area contributed by atoms with Gasteiger partial charge in [-0.2, -0.15) is 0 Å². The minimum Gasteiger partial charge on any atom is -0.493 e. The van der Waals surface area contributed by atoms with Gasteiger partial charge in [-0.05, 0) is 48.0 Å². The number of methoxy groups -OCH3 is 2. The number of halogens is 1. The number of ether oxygens (including phenoxy) is 2. The van der Waals surface area contributed by atoms with E-state index in [9.17, 15) is 9.18 Å². The maximum atomic E-state index is 13.5. The van der Waals surface area contributed by atoms with Crippen LogP contribution >= 0.6 is 0 Å². The highest BCUT2D eigenvalue weighted by molar-refractivity contribution is 5.95. The van der Waals surface area contributed by atoms with E-state index in [1.165, 1.54) is 26.4 Å². The fourth-order valence-corrected chi connectivity index (χ4v) is 3.18. The summed E-state index contributed by atoms with van der Waals surface area (Å²) in [6.07, 6.45) is 0. The Labute approximate surface area is 183 Å². The molecule has 0 fully saturated rings. The van der Waals surface area contributed by atoms with Crippen LogP contribution in [0, 0.1) is 5.82 Å². The van der Waals surface area contributed by atoms with E-state index in [1.807, 2.05) is 30.3 Å². The minimum absolute atomic E-state index is 0.171. The average molecular weight is 433 g/mol. The van der Waals surface area contributed by atoms with Gasteiger partial charge in [-0.3, -0.25) is 4.79 Å². The first-order valence-corrected chi connectivity index (χ1v) is 9.76. The molecular weight excluding hydrogens is 413 g/mol. The smallest absolute Gasteiger partial charge is 0.252 e. The van der Waals surface area contributed by atoms with Crippen molar-refractivity contribution in [2.75, 3.05) is 14.2 Å². The fourth-order valence-electron chi connectivity index (χ4n) is 3.18. The van der Waals surface area contributed by atoms with Crippen molar-refractivity contribution in [3.8, 4) is 23.0 Å². The second kappa shape index (κ2) is 9.30. The van der Waals surface area contributed by atoms with E-state index in [4.69, 9.17) is 13.9 Å². The van der Waals surface area contributed by atoms with Gasteiger partial charge in [0.15, 0.2) is 11.5 Å². The molecule has 0 unspecified atom stereocenters. The molecular formula is C24H20FN3O4. The number of carbonyl (C=O) groups excluding carboxylic acids is 1. The SMILES string of the molecule is COc1ccc(C(=O)N[C@H](c2ccc(F)cc2)c2nnc(-c3ccccc3)o2)cc1OC. The molecule has 162 valence electrons. The van der Waals surface area contributed by atoms with Crippen molar-refractivity contribution in [3.63, 3.8) is 0 Å². The monoisotopic (exact) mass is 433 g/mol. The first-order valence-electron chi connectivity index (χ1n) is 9.76. The third-order valence-corrected chi connectivity index (χ3v) is 4.83. The topological polar surface area (TPSA) is 86.5 Å². The number of nitrogens with zero attached hydrogens (tertiary/aromatic N) is 2. The molecule has 7 nitrogen and oxygen atoms in total. The lowest BCUT2D eigenvalue weighted by molar-refractivity contribution is 0.0937. The molecule has 1 N–H and O–H groups in total. The molecule has 3 aromatic carbocycles. The van der Waals surface area contributed by atoms with Crippen molar-refractivity contribution in [2.24, 2.45) is 0 Å². The average Bonchev–Trinajstić information content (AvgIpc) is 3.33. The van der Waals surface area contributed by atoms with Gasteiger partial charge in [0.05, 0.1) is 14.2 Å². The number of carbonyl (C=O) groups is 1. The highest BCUT2D eigenvalue weighted by Crippen LogP contribution is 2.29. The summed E-state index contributed by atoms with van der Waals surface area (Å²) in [6.45, 7) is 0. The van der Waals surface area contributed by atoms with Gasteiger partial charge in [-0.1, -0.05) is 30.3 Å². The summed E-state index contributed by atoms with van der Waals surface area (Å²) in [6, 6.07) is 19.0. The van der Waals surface area contributed by atoms with Gasteiger partial charge in [0, 0.05) is 11.1 Å². The number of rotatable bonds is 7. The van der Waals surface area contributed by atoms with Gasteiger partial charge in [-0.15, -0.1) is 10.2 Å². The van der Waals surface area contributed by atoms with E-state index < -0.39 is 17.8 Å². The Kier molecular flexibility index (Phi) is 6.12. The maximum Gasteiger partial charge on any atom is 0.252 e. The van der Waals surface area contributed by atoms with E-state index in [0.29, 0.717) is 28.5 Å². The van der Waals surface area contributed by atoms with Crippen LogP contribution in [0.25, 0.3) is 11.5 Å². The van der Waals surface area contributed by atoms with Gasteiger partial charge in [-0.25, -0.2) is 4.39 Å². The molecule has 0 aliphatic rings. The van der Waals surface area contributed by atoms with Gasteiger partial charge >= 0.3 is 0 Å². The minimum atomic E-state index is -0.791. The highest BCUT2D eigenvalue weighted by atomic mass is 19.1. The summed E-state index contributed by atoms with van der Waals surface area (Å²) in [5, 5.41) is 11.1. The largest absolute Gasteiger partial charge is 0.493 e. The van der Waals surface area contributed by atoms with Crippen molar-refractivity contribution in [2.45, 2.75) is 6.04 Å². The molecule has 32 heavy (non-hydrogen) atoms. The molecule has 0 bridgehead atoms. The molecule has 1 aromatic heterocycles. The van der Waals surface area contributed by atoms with Crippen LogP contribution in [-0.4, -0.2) is 30.3 Å². The normalized spacial score (nSPS) is 11.6. The summed E-state index contributed by atoms with van der Waals surface area (Å²) in [5.74, 6) is 0.609. The molecule has 0 radical (unpaired) electrons. The predicted molar refractivity (Wildman–Crippen MR) is 115 cm³/mol. The maximum absolute atomic E-state index is 13.5. The van der Waals surface area contributed by atoms with Crippen molar-refractivity contribution in [1.82, 2.24) is 15.5 Å². The molecule has 0 aliphatic carbocycles. The third kappa shape index (κ3) is 4.44. The van der Waals surface area contributed by atoms with Crippen LogP contribution < -0.4 is 14.8 Å². The number of hydrogen-bond donors (Lipinski definition) is 1. The Morgan fingerprint density at radius 2 is 1.66 bits per heavy atom. The zero-order valence-electron chi connectivity index (χ0n) is 17.4. The zero-order valence-corrected chi connectivity index (χ0v) is 17.4. The van der Waals surface area contributed by atoms with E-state index in [1.54, 1.807) is 30.3 Å². The van der Waals surface area contributed by atoms with Crippen LogP contribution in [0.5, 0.6) is 11.5 Å². The van der Waals surface area contributed by atoms with Crippen LogP contribution in [-0.2, 0) is 0 Å². The fraction of sp³-hybridized carbons (Fsp3) is 0.125. The summed E-state index contributed by atoms with van der Waals surface area (Å²) < 4.78 is 29.9. The molecule has 0 spiro atoms. The lowest BCUT2D eigenvalue weighted by Gasteiger charge is -2.16. The summed E-state index contributed by atoms with van der Waals surface area (Å²) in [4.78, 5) is 13.0. The Hall–Kier alpha value is -4.20. The Morgan fingerprint density at radius 1 is 0.938 bits per heavy atom. The molecule has 0 aliphatic heterocycles. The van der Waals surface area contributed by atoms with Gasteiger partial charge < -0.3 is 19.2 Å². The molecule has 1 heterocycles. The van der Waals surface area contributed by atoms with Crippen LogP contribution in [0.3, 0.4) is 0 Å². The second-order valence-corrected chi connectivity index (χ2v) is 6.84. The van der Waals surface area contributed by atoms with Crippen LogP contribution in [0.15, 0.2) is 77.2 Å². The van der Waals surface area contributed by atoms with E-state index in [-0.39, 0.29) is 5.89 Å². The predicted octanol–water partition coefficient (Wildman–Crippen LogP) is 4.41. The van der Waals surface area contributed by atoms with Crippen molar-refractivity contribution in [1.29, 1.82) is 0 Å². The quantitative estimate of drug-likeness (QED) is 0.465. The molecule has 1 atom stereocenters. The van der Waals surface area contributed by atoms with Crippen molar-refractivity contribution < 1.29 is 23.1 Å². The lowest BCUT2D eigenvalue weighted by atomic mass is 10.1. The Balaban J connectivity index is 1.67. The first-order chi connectivity index (χ1) is 15.6. The molecule has 0 saturated carbocycles. The van der Waals surface area contributed by atoms with Crippen LogP contribution in [0.2, 0.25) is 0 Å².